The van der Waals surface area contributed by atoms with E-state index in [1.165, 1.54) is 0 Å². The van der Waals surface area contributed by atoms with Crippen LogP contribution in [0, 0.1) is 24.2 Å². The summed E-state index contributed by atoms with van der Waals surface area (Å²) >= 11 is 0. The summed E-state index contributed by atoms with van der Waals surface area (Å²) in [5.74, 6) is 0.413. The van der Waals surface area contributed by atoms with Crippen LogP contribution in [-0.4, -0.2) is 43.8 Å². The average molecular weight is 441 g/mol. The van der Waals surface area contributed by atoms with Crippen molar-refractivity contribution in [3.8, 4) is 28.5 Å². The first-order chi connectivity index (χ1) is 16.0. The quantitative estimate of drug-likeness (QED) is 0.285. The fraction of sp³-hybridized carbons (Fsp3) is 0.208. The standard InChI is InChI=1S/C24H24N8O/c1-4-15(2)24(33)27-8-7-26-22-6-5-17(12-28-22)20-10-18(21-9-16(3)30-31-21)14-32-23(20)19(11-25)13-29-32/h4-6,9-10,12-15H,1,7-8H2,2-3H3,(H,26,28)(H,27,33)(H,30,31). The van der Waals surface area contributed by atoms with Crippen LogP contribution in [0.25, 0.3) is 27.9 Å². The highest BCUT2D eigenvalue weighted by Crippen LogP contribution is 2.31. The number of nitrogens with zero attached hydrogens (tertiary/aromatic N) is 5. The number of carbonyl (C=O) groups excluding carboxylic acids is 1. The van der Waals surface area contributed by atoms with Gasteiger partial charge in [-0.2, -0.15) is 15.5 Å². The molecular formula is C24H24N8O. The highest BCUT2D eigenvalue weighted by Gasteiger charge is 2.15. The fourth-order valence-corrected chi connectivity index (χ4v) is 3.43. The topological polar surface area (TPSA) is 124 Å². The molecule has 3 N–H and O–H groups in total. The van der Waals surface area contributed by atoms with Crippen LogP contribution in [-0.2, 0) is 4.79 Å². The molecule has 0 radical (unpaired) electrons. The van der Waals surface area contributed by atoms with Crippen LogP contribution in [0.3, 0.4) is 0 Å². The zero-order valence-electron chi connectivity index (χ0n) is 18.5. The minimum Gasteiger partial charge on any atom is -0.368 e. The smallest absolute Gasteiger partial charge is 0.226 e. The van der Waals surface area contributed by atoms with Crippen molar-refractivity contribution in [3.05, 3.63) is 66.8 Å². The van der Waals surface area contributed by atoms with E-state index in [0.29, 0.717) is 24.5 Å². The van der Waals surface area contributed by atoms with Crippen LogP contribution in [0.2, 0.25) is 0 Å². The summed E-state index contributed by atoms with van der Waals surface area (Å²) in [4.78, 5) is 16.3. The molecule has 9 heteroatoms. The van der Waals surface area contributed by atoms with Crippen molar-refractivity contribution in [2.24, 2.45) is 5.92 Å². The third-order valence-electron chi connectivity index (χ3n) is 5.31. The lowest BCUT2D eigenvalue weighted by atomic mass is 10.0. The number of H-pyrrole nitrogens is 1. The van der Waals surface area contributed by atoms with Crippen LogP contribution in [0.1, 0.15) is 18.2 Å². The van der Waals surface area contributed by atoms with Gasteiger partial charge in [-0.05, 0) is 31.2 Å². The van der Waals surface area contributed by atoms with E-state index in [-0.39, 0.29) is 11.8 Å². The SMILES string of the molecule is C=CC(C)C(=O)NCCNc1ccc(-c2cc(-c3cc(C)[nH]n3)cn3ncc(C#N)c23)cn1. The summed E-state index contributed by atoms with van der Waals surface area (Å²) in [6.45, 7) is 8.39. The molecule has 33 heavy (non-hydrogen) atoms. The van der Waals surface area contributed by atoms with E-state index in [1.807, 2.05) is 37.4 Å². The molecule has 0 bridgehead atoms. The van der Waals surface area contributed by atoms with Crippen molar-refractivity contribution in [2.45, 2.75) is 13.8 Å². The van der Waals surface area contributed by atoms with Gasteiger partial charge in [-0.1, -0.05) is 13.0 Å². The first kappa shape index (κ1) is 21.8. The molecule has 0 saturated carbocycles. The van der Waals surface area contributed by atoms with Gasteiger partial charge in [0.15, 0.2) is 0 Å². The summed E-state index contributed by atoms with van der Waals surface area (Å²) in [6, 6.07) is 9.97. The maximum absolute atomic E-state index is 11.8. The normalized spacial score (nSPS) is 11.7. The third kappa shape index (κ3) is 4.60. The van der Waals surface area contributed by atoms with E-state index in [2.05, 4.69) is 43.6 Å². The molecule has 0 saturated heterocycles. The molecule has 0 aliphatic rings. The van der Waals surface area contributed by atoms with Crippen LogP contribution in [0.4, 0.5) is 5.82 Å². The van der Waals surface area contributed by atoms with Crippen molar-refractivity contribution >= 4 is 17.2 Å². The van der Waals surface area contributed by atoms with Crippen LogP contribution in [0.5, 0.6) is 0 Å². The number of nitriles is 1. The molecule has 0 aromatic carbocycles. The van der Waals surface area contributed by atoms with Crippen molar-refractivity contribution in [1.29, 1.82) is 5.26 Å². The zero-order chi connectivity index (χ0) is 23.4. The number of nitrogens with one attached hydrogen (secondary N) is 3. The Bertz CT molecular complexity index is 1340. The Hall–Kier alpha value is -4.45. The Morgan fingerprint density at radius 3 is 2.82 bits per heavy atom. The molecule has 4 aromatic rings. The second-order valence-electron chi connectivity index (χ2n) is 7.72. The molecule has 4 heterocycles. The van der Waals surface area contributed by atoms with Gasteiger partial charge in [0.25, 0.3) is 0 Å². The van der Waals surface area contributed by atoms with E-state index < -0.39 is 0 Å². The Morgan fingerprint density at radius 1 is 1.30 bits per heavy atom. The average Bonchev–Trinajstić information content (AvgIpc) is 3.46. The van der Waals surface area contributed by atoms with Crippen LogP contribution < -0.4 is 10.6 Å². The van der Waals surface area contributed by atoms with Crippen LogP contribution in [0.15, 0.2) is 55.5 Å². The van der Waals surface area contributed by atoms with Gasteiger partial charge < -0.3 is 10.6 Å². The zero-order valence-corrected chi connectivity index (χ0v) is 18.5. The van der Waals surface area contributed by atoms with Crippen molar-refractivity contribution < 1.29 is 4.79 Å². The number of pyridine rings is 2. The minimum absolute atomic E-state index is 0.0554. The predicted molar refractivity (Wildman–Crippen MR) is 126 cm³/mol. The molecule has 1 amide bonds. The van der Waals surface area contributed by atoms with Crippen molar-refractivity contribution in [3.63, 3.8) is 0 Å². The molecule has 9 nitrogen and oxygen atoms in total. The Kier molecular flexibility index (Phi) is 6.17. The van der Waals surface area contributed by atoms with Crippen LogP contribution >= 0.6 is 0 Å². The number of fused-ring (bicyclic) bond motifs is 1. The number of aromatic nitrogens is 5. The first-order valence-corrected chi connectivity index (χ1v) is 10.5. The number of hydrogen-bond donors (Lipinski definition) is 3. The summed E-state index contributed by atoms with van der Waals surface area (Å²) in [6.07, 6.45) is 6.79. The monoisotopic (exact) mass is 440 g/mol. The number of rotatable bonds is 8. The summed E-state index contributed by atoms with van der Waals surface area (Å²) < 4.78 is 1.70. The van der Waals surface area contributed by atoms with Crippen molar-refractivity contribution in [2.75, 3.05) is 18.4 Å². The Morgan fingerprint density at radius 2 is 2.15 bits per heavy atom. The molecule has 166 valence electrons. The van der Waals surface area contributed by atoms with Gasteiger partial charge in [0.1, 0.15) is 11.9 Å². The molecule has 0 fully saturated rings. The number of amides is 1. The highest BCUT2D eigenvalue weighted by molar-refractivity contribution is 5.87. The second kappa shape index (κ2) is 9.36. The Balaban J connectivity index is 1.57. The molecule has 4 aromatic heterocycles. The highest BCUT2D eigenvalue weighted by atomic mass is 16.1. The van der Waals surface area contributed by atoms with Gasteiger partial charge >= 0.3 is 0 Å². The third-order valence-corrected chi connectivity index (χ3v) is 5.31. The molecular weight excluding hydrogens is 416 g/mol. The lowest BCUT2D eigenvalue weighted by Gasteiger charge is -2.11. The van der Waals surface area contributed by atoms with E-state index in [9.17, 15) is 10.1 Å². The maximum atomic E-state index is 11.8. The number of aryl methyl sites for hydroxylation is 1. The van der Waals surface area contributed by atoms with E-state index in [1.54, 1.807) is 29.9 Å². The summed E-state index contributed by atoms with van der Waals surface area (Å²) in [5, 5.41) is 27.3. The lowest BCUT2D eigenvalue weighted by molar-refractivity contribution is -0.123. The first-order valence-electron chi connectivity index (χ1n) is 10.5. The maximum Gasteiger partial charge on any atom is 0.226 e. The summed E-state index contributed by atoms with van der Waals surface area (Å²) in [7, 11) is 0. The molecule has 1 unspecified atom stereocenters. The number of hydrogen-bond acceptors (Lipinski definition) is 6. The van der Waals surface area contributed by atoms with Gasteiger partial charge in [-0.15, -0.1) is 6.58 Å². The van der Waals surface area contributed by atoms with E-state index in [4.69, 9.17) is 0 Å². The van der Waals surface area contributed by atoms with Gasteiger partial charge in [-0.3, -0.25) is 9.89 Å². The van der Waals surface area contributed by atoms with E-state index in [0.717, 1.165) is 33.6 Å². The minimum atomic E-state index is -0.220. The number of anilines is 1. The van der Waals surface area contributed by atoms with Gasteiger partial charge in [0, 0.05) is 47.9 Å². The molecule has 4 rings (SSSR count). The fourth-order valence-electron chi connectivity index (χ4n) is 3.43. The van der Waals surface area contributed by atoms with E-state index >= 15 is 0 Å². The largest absolute Gasteiger partial charge is 0.368 e. The Labute approximate surface area is 191 Å². The van der Waals surface area contributed by atoms with Gasteiger partial charge in [0.05, 0.1) is 28.9 Å². The molecule has 0 aliphatic heterocycles. The molecule has 0 spiro atoms. The number of aromatic amines is 1. The van der Waals surface area contributed by atoms with Gasteiger partial charge in [-0.25, -0.2) is 9.50 Å². The molecule has 1 atom stereocenters. The lowest BCUT2D eigenvalue weighted by Crippen LogP contribution is -2.32. The molecule has 0 aliphatic carbocycles. The van der Waals surface area contributed by atoms with Crippen molar-refractivity contribution in [1.82, 2.24) is 30.1 Å². The number of carbonyl (C=O) groups is 1. The summed E-state index contributed by atoms with van der Waals surface area (Å²) in [5.41, 5.74) is 5.52. The predicted octanol–water partition coefficient (Wildman–Crippen LogP) is 3.32. The second-order valence-corrected chi connectivity index (χ2v) is 7.72. The van der Waals surface area contributed by atoms with Gasteiger partial charge in [0.2, 0.25) is 5.91 Å².